The largest absolute Gasteiger partial charge is 0.465 e. The number of esters is 1. The molecule has 0 aliphatic heterocycles. The van der Waals surface area contributed by atoms with Crippen molar-refractivity contribution in [2.45, 2.75) is 26.8 Å². The third-order valence-electron chi connectivity index (χ3n) is 3.40. The van der Waals surface area contributed by atoms with Gasteiger partial charge in [-0.05, 0) is 31.0 Å². The highest BCUT2D eigenvalue weighted by Crippen LogP contribution is 2.24. The number of nitrogens with zero attached hydrogens (tertiary/aromatic N) is 1. The molecule has 0 fully saturated rings. The molecule has 0 heterocycles. The third-order valence-corrected chi connectivity index (χ3v) is 4.58. The number of hydrogen-bond acceptors (Lipinski definition) is 5. The van der Waals surface area contributed by atoms with Crippen molar-refractivity contribution in [1.29, 1.82) is 0 Å². The summed E-state index contributed by atoms with van der Waals surface area (Å²) >= 11 is 6.64. The second-order valence-corrected chi connectivity index (χ2v) is 7.28. The molecule has 0 aliphatic carbocycles. The van der Waals surface area contributed by atoms with Gasteiger partial charge in [-0.2, -0.15) is 0 Å². The SMILES string of the molecule is CCOC(=O)C(C=N[C@H](CO)C(C)C)C(=O)c1cc(Br)ccc1Br. The van der Waals surface area contributed by atoms with Crippen LogP contribution in [0.15, 0.2) is 32.1 Å². The van der Waals surface area contributed by atoms with Crippen molar-refractivity contribution in [3.63, 3.8) is 0 Å². The maximum atomic E-state index is 12.8. The summed E-state index contributed by atoms with van der Waals surface area (Å²) in [5.41, 5.74) is 0.360. The van der Waals surface area contributed by atoms with Gasteiger partial charge in [-0.1, -0.05) is 45.7 Å². The molecule has 1 aromatic carbocycles. The molecule has 1 rings (SSSR count). The van der Waals surface area contributed by atoms with Crippen LogP contribution in [-0.2, 0) is 9.53 Å². The normalized spacial score (nSPS) is 14.0. The van der Waals surface area contributed by atoms with E-state index in [0.29, 0.717) is 10.0 Å². The fraction of sp³-hybridized carbons (Fsp3) is 0.471. The molecule has 7 heteroatoms. The Balaban J connectivity index is 3.18. The number of halogens is 2. The van der Waals surface area contributed by atoms with E-state index in [9.17, 15) is 14.7 Å². The summed E-state index contributed by atoms with van der Waals surface area (Å²) in [7, 11) is 0. The summed E-state index contributed by atoms with van der Waals surface area (Å²) < 4.78 is 6.31. The van der Waals surface area contributed by atoms with Crippen LogP contribution in [0.3, 0.4) is 0 Å². The lowest BCUT2D eigenvalue weighted by molar-refractivity contribution is -0.143. The van der Waals surface area contributed by atoms with Gasteiger partial charge in [0.1, 0.15) is 0 Å². The van der Waals surface area contributed by atoms with E-state index in [1.54, 1.807) is 25.1 Å². The highest BCUT2D eigenvalue weighted by Gasteiger charge is 2.29. The number of benzene rings is 1. The van der Waals surface area contributed by atoms with Crippen LogP contribution in [0, 0.1) is 11.8 Å². The van der Waals surface area contributed by atoms with Gasteiger partial charge < -0.3 is 9.84 Å². The van der Waals surface area contributed by atoms with Crippen LogP contribution in [0.5, 0.6) is 0 Å². The molecule has 0 spiro atoms. The number of carbonyl (C=O) groups is 2. The van der Waals surface area contributed by atoms with Gasteiger partial charge in [-0.15, -0.1) is 0 Å². The minimum atomic E-state index is -1.15. The Morgan fingerprint density at radius 2 is 2.00 bits per heavy atom. The van der Waals surface area contributed by atoms with E-state index in [0.717, 1.165) is 4.47 Å². The molecule has 0 aliphatic rings. The number of ether oxygens (including phenoxy) is 1. The summed E-state index contributed by atoms with van der Waals surface area (Å²) in [5.74, 6) is -2.13. The van der Waals surface area contributed by atoms with Gasteiger partial charge in [-0.3, -0.25) is 14.6 Å². The van der Waals surface area contributed by atoms with Crippen molar-refractivity contribution in [2.75, 3.05) is 13.2 Å². The average Bonchev–Trinajstić information content (AvgIpc) is 2.53. The Labute approximate surface area is 158 Å². The molecule has 1 N–H and O–H groups in total. The molecule has 1 unspecified atom stereocenters. The number of aliphatic hydroxyl groups excluding tert-OH is 1. The van der Waals surface area contributed by atoms with E-state index in [1.165, 1.54) is 6.21 Å². The number of aliphatic hydroxyl groups is 1. The molecule has 0 saturated carbocycles. The summed E-state index contributed by atoms with van der Waals surface area (Å²) in [6, 6.07) is 4.77. The lowest BCUT2D eigenvalue weighted by Crippen LogP contribution is -2.29. The van der Waals surface area contributed by atoms with E-state index < -0.39 is 17.7 Å². The average molecular weight is 463 g/mol. The van der Waals surface area contributed by atoms with Gasteiger partial charge in [0.15, 0.2) is 11.7 Å². The van der Waals surface area contributed by atoms with Crippen LogP contribution in [0.25, 0.3) is 0 Å². The lowest BCUT2D eigenvalue weighted by Gasteiger charge is -2.16. The van der Waals surface area contributed by atoms with Crippen molar-refractivity contribution >= 4 is 49.8 Å². The predicted octanol–water partition coefficient (Wildman–Crippen LogP) is 3.66. The van der Waals surface area contributed by atoms with E-state index in [4.69, 9.17) is 4.74 Å². The quantitative estimate of drug-likeness (QED) is 0.277. The van der Waals surface area contributed by atoms with Crippen LogP contribution in [0.4, 0.5) is 0 Å². The topological polar surface area (TPSA) is 76.0 Å². The van der Waals surface area contributed by atoms with Crippen LogP contribution in [0.2, 0.25) is 0 Å². The number of ketones is 1. The van der Waals surface area contributed by atoms with Gasteiger partial charge in [0.25, 0.3) is 0 Å². The van der Waals surface area contributed by atoms with Gasteiger partial charge >= 0.3 is 5.97 Å². The molecule has 0 bridgehead atoms. The highest BCUT2D eigenvalue weighted by atomic mass is 79.9. The first-order valence-corrected chi connectivity index (χ1v) is 9.20. The van der Waals surface area contributed by atoms with Crippen LogP contribution in [-0.4, -0.2) is 42.3 Å². The highest BCUT2D eigenvalue weighted by molar-refractivity contribution is 9.11. The van der Waals surface area contributed by atoms with Crippen LogP contribution in [0.1, 0.15) is 31.1 Å². The molecular weight excluding hydrogens is 442 g/mol. The Hall–Kier alpha value is -1.05. The minimum Gasteiger partial charge on any atom is -0.465 e. The maximum Gasteiger partial charge on any atom is 0.322 e. The summed E-state index contributed by atoms with van der Waals surface area (Å²) in [4.78, 5) is 29.2. The molecule has 132 valence electrons. The van der Waals surface area contributed by atoms with E-state index in [-0.39, 0.29) is 25.2 Å². The van der Waals surface area contributed by atoms with Crippen molar-refractivity contribution in [3.05, 3.63) is 32.7 Å². The van der Waals surface area contributed by atoms with Gasteiger partial charge in [-0.25, -0.2) is 0 Å². The molecule has 0 saturated heterocycles. The van der Waals surface area contributed by atoms with Crippen molar-refractivity contribution in [1.82, 2.24) is 0 Å². The lowest BCUT2D eigenvalue weighted by atomic mass is 9.98. The summed E-state index contributed by atoms with van der Waals surface area (Å²) in [6.45, 7) is 5.51. The zero-order valence-electron chi connectivity index (χ0n) is 13.8. The van der Waals surface area contributed by atoms with E-state index >= 15 is 0 Å². The molecule has 2 atom stereocenters. The van der Waals surface area contributed by atoms with E-state index in [1.807, 2.05) is 13.8 Å². The monoisotopic (exact) mass is 461 g/mol. The molecular formula is C17H21Br2NO4. The van der Waals surface area contributed by atoms with Gasteiger partial charge in [0, 0.05) is 20.7 Å². The molecule has 0 radical (unpaired) electrons. The predicted molar refractivity (Wildman–Crippen MR) is 100 cm³/mol. The number of carbonyl (C=O) groups excluding carboxylic acids is 2. The second kappa shape index (κ2) is 10.1. The Kier molecular flexibility index (Phi) is 8.80. The molecule has 0 amide bonds. The van der Waals surface area contributed by atoms with Crippen LogP contribution >= 0.6 is 31.9 Å². The zero-order chi connectivity index (χ0) is 18.3. The van der Waals surface area contributed by atoms with Gasteiger partial charge in [0.05, 0.1) is 19.3 Å². The Morgan fingerprint density at radius 1 is 1.33 bits per heavy atom. The molecule has 24 heavy (non-hydrogen) atoms. The molecule has 1 aromatic rings. The third kappa shape index (κ3) is 5.79. The number of aliphatic imine (C=N–C) groups is 1. The number of hydrogen-bond donors (Lipinski definition) is 1. The number of rotatable bonds is 8. The van der Waals surface area contributed by atoms with Gasteiger partial charge in [0.2, 0.25) is 0 Å². The zero-order valence-corrected chi connectivity index (χ0v) is 17.0. The number of Topliss-reactive ketones (excluding diaryl/α,β-unsaturated/α-hetero) is 1. The van der Waals surface area contributed by atoms with Crippen molar-refractivity contribution in [3.8, 4) is 0 Å². The summed E-state index contributed by atoms with van der Waals surface area (Å²) in [6.07, 6.45) is 1.29. The maximum absolute atomic E-state index is 12.8. The Bertz CT molecular complexity index is 617. The first-order chi connectivity index (χ1) is 11.3. The molecule has 5 nitrogen and oxygen atoms in total. The van der Waals surface area contributed by atoms with Crippen LogP contribution < -0.4 is 0 Å². The molecule has 0 aromatic heterocycles. The van der Waals surface area contributed by atoms with E-state index in [2.05, 4.69) is 36.9 Å². The Morgan fingerprint density at radius 3 is 2.54 bits per heavy atom. The fourth-order valence-corrected chi connectivity index (χ4v) is 2.75. The van der Waals surface area contributed by atoms with Crippen molar-refractivity contribution in [2.24, 2.45) is 16.8 Å². The first kappa shape index (κ1) is 21.0. The smallest absolute Gasteiger partial charge is 0.322 e. The standard InChI is InChI=1S/C17H21Br2NO4/c1-4-24-17(23)13(8-20-15(9-21)10(2)3)16(22)12-7-11(18)5-6-14(12)19/h5-8,10,13,15,21H,4,9H2,1-3H3/t13?,15-/m1/s1. The summed E-state index contributed by atoms with van der Waals surface area (Å²) in [5, 5.41) is 9.36. The minimum absolute atomic E-state index is 0.0850. The van der Waals surface area contributed by atoms with Crippen molar-refractivity contribution < 1.29 is 19.4 Å². The first-order valence-electron chi connectivity index (χ1n) is 7.61. The second-order valence-electron chi connectivity index (χ2n) is 5.51. The fourth-order valence-electron chi connectivity index (χ4n) is 1.95.